The number of hydrogen-bond acceptors (Lipinski definition) is 2. The molecule has 0 bridgehead atoms. The molecule has 1 fully saturated rings. The third-order valence-corrected chi connectivity index (χ3v) is 3.98. The molecule has 3 rings (SSSR count). The normalized spacial score (nSPS) is 18.5. The smallest absolute Gasteiger partial charge is 0.0457 e. The fourth-order valence-corrected chi connectivity index (χ4v) is 2.77. The maximum Gasteiger partial charge on any atom is 0.0457 e. The Morgan fingerprint density at radius 1 is 1.06 bits per heavy atom. The Bertz CT molecular complexity index is 509. The Kier molecular flexibility index (Phi) is 3.35. The molecule has 2 heterocycles. The van der Waals surface area contributed by atoms with Crippen LogP contribution in [0.1, 0.15) is 12.5 Å². The SMILES string of the molecule is CCN1CCN(Cc2c[nH]c3ccccc23)CC1. The van der Waals surface area contributed by atoms with Crippen molar-refractivity contribution in [1.29, 1.82) is 0 Å². The first kappa shape index (κ1) is 11.8. The monoisotopic (exact) mass is 243 g/mol. The lowest BCUT2D eigenvalue weighted by Gasteiger charge is -2.33. The van der Waals surface area contributed by atoms with Crippen LogP contribution < -0.4 is 0 Å². The van der Waals surface area contributed by atoms with E-state index in [4.69, 9.17) is 0 Å². The fraction of sp³-hybridized carbons (Fsp3) is 0.467. The van der Waals surface area contributed by atoms with Gasteiger partial charge in [0.1, 0.15) is 0 Å². The molecule has 18 heavy (non-hydrogen) atoms. The van der Waals surface area contributed by atoms with Crippen LogP contribution in [-0.4, -0.2) is 47.5 Å². The molecule has 1 saturated heterocycles. The molecule has 0 unspecified atom stereocenters. The van der Waals surface area contributed by atoms with E-state index in [1.54, 1.807) is 0 Å². The second kappa shape index (κ2) is 5.12. The summed E-state index contributed by atoms with van der Waals surface area (Å²) in [4.78, 5) is 8.44. The summed E-state index contributed by atoms with van der Waals surface area (Å²) in [5.41, 5.74) is 2.68. The van der Waals surface area contributed by atoms with Crippen molar-refractivity contribution in [3.8, 4) is 0 Å². The van der Waals surface area contributed by atoms with Gasteiger partial charge in [0.25, 0.3) is 0 Å². The number of nitrogens with one attached hydrogen (secondary N) is 1. The van der Waals surface area contributed by atoms with Gasteiger partial charge in [0.15, 0.2) is 0 Å². The number of para-hydroxylation sites is 1. The standard InChI is InChI=1S/C15H21N3/c1-2-17-7-9-18(10-8-17)12-13-11-16-15-6-4-3-5-14(13)15/h3-6,11,16H,2,7-10,12H2,1H3. The van der Waals surface area contributed by atoms with E-state index in [2.05, 4.69) is 52.2 Å². The van der Waals surface area contributed by atoms with Crippen molar-refractivity contribution in [2.45, 2.75) is 13.5 Å². The van der Waals surface area contributed by atoms with E-state index in [0.29, 0.717) is 0 Å². The van der Waals surface area contributed by atoms with Crippen molar-refractivity contribution in [2.75, 3.05) is 32.7 Å². The quantitative estimate of drug-likeness (QED) is 0.893. The maximum atomic E-state index is 3.36. The highest BCUT2D eigenvalue weighted by atomic mass is 15.3. The van der Waals surface area contributed by atoms with Crippen LogP contribution in [0.15, 0.2) is 30.5 Å². The van der Waals surface area contributed by atoms with Crippen LogP contribution in [-0.2, 0) is 6.54 Å². The first-order valence-corrected chi connectivity index (χ1v) is 6.86. The van der Waals surface area contributed by atoms with E-state index in [9.17, 15) is 0 Å². The Morgan fingerprint density at radius 3 is 2.56 bits per heavy atom. The van der Waals surface area contributed by atoms with Gasteiger partial charge in [-0.25, -0.2) is 0 Å². The van der Waals surface area contributed by atoms with Crippen molar-refractivity contribution in [2.24, 2.45) is 0 Å². The van der Waals surface area contributed by atoms with Gasteiger partial charge in [-0.3, -0.25) is 4.90 Å². The van der Waals surface area contributed by atoms with Gasteiger partial charge >= 0.3 is 0 Å². The highest BCUT2D eigenvalue weighted by Crippen LogP contribution is 2.19. The summed E-state index contributed by atoms with van der Waals surface area (Å²) in [7, 11) is 0. The zero-order valence-electron chi connectivity index (χ0n) is 11.0. The molecule has 0 atom stereocenters. The Morgan fingerprint density at radius 2 is 1.78 bits per heavy atom. The van der Waals surface area contributed by atoms with Gasteiger partial charge in [-0.2, -0.15) is 0 Å². The minimum Gasteiger partial charge on any atom is -0.361 e. The van der Waals surface area contributed by atoms with Crippen LogP contribution in [0.25, 0.3) is 10.9 Å². The van der Waals surface area contributed by atoms with Crippen LogP contribution >= 0.6 is 0 Å². The summed E-state index contributed by atoms with van der Waals surface area (Å²) in [5, 5.41) is 1.37. The van der Waals surface area contributed by atoms with Gasteiger partial charge in [-0.1, -0.05) is 25.1 Å². The summed E-state index contributed by atoms with van der Waals surface area (Å²) in [5.74, 6) is 0. The number of benzene rings is 1. The molecule has 1 aromatic carbocycles. The minimum absolute atomic E-state index is 1.07. The fourth-order valence-electron chi connectivity index (χ4n) is 2.77. The molecule has 1 aromatic heterocycles. The predicted molar refractivity (Wildman–Crippen MR) is 75.7 cm³/mol. The van der Waals surface area contributed by atoms with Gasteiger partial charge in [0.2, 0.25) is 0 Å². The number of aromatic nitrogens is 1. The zero-order chi connectivity index (χ0) is 12.4. The van der Waals surface area contributed by atoms with Crippen LogP contribution in [0, 0.1) is 0 Å². The molecule has 3 heteroatoms. The Hall–Kier alpha value is -1.32. The summed E-state index contributed by atoms with van der Waals surface area (Å²) in [6, 6.07) is 8.56. The topological polar surface area (TPSA) is 22.3 Å². The number of piperazine rings is 1. The van der Waals surface area contributed by atoms with Crippen LogP contribution in [0.4, 0.5) is 0 Å². The minimum atomic E-state index is 1.07. The Labute approximate surface area is 108 Å². The van der Waals surface area contributed by atoms with E-state index in [1.165, 1.54) is 49.2 Å². The lowest BCUT2D eigenvalue weighted by atomic mass is 10.1. The molecule has 0 radical (unpaired) electrons. The molecule has 96 valence electrons. The molecular weight excluding hydrogens is 222 g/mol. The van der Waals surface area contributed by atoms with Crippen molar-refractivity contribution in [1.82, 2.24) is 14.8 Å². The number of nitrogens with zero attached hydrogens (tertiary/aromatic N) is 2. The van der Waals surface area contributed by atoms with E-state index < -0.39 is 0 Å². The Balaban J connectivity index is 1.70. The third-order valence-electron chi connectivity index (χ3n) is 3.98. The molecule has 0 saturated carbocycles. The molecule has 0 amide bonds. The predicted octanol–water partition coefficient (Wildman–Crippen LogP) is 2.31. The molecule has 0 spiro atoms. The first-order valence-electron chi connectivity index (χ1n) is 6.86. The van der Waals surface area contributed by atoms with Crippen molar-refractivity contribution < 1.29 is 0 Å². The third kappa shape index (κ3) is 2.28. The van der Waals surface area contributed by atoms with E-state index in [0.717, 1.165) is 6.54 Å². The molecule has 3 nitrogen and oxygen atoms in total. The number of rotatable bonds is 3. The van der Waals surface area contributed by atoms with E-state index >= 15 is 0 Å². The second-order valence-electron chi connectivity index (χ2n) is 5.07. The molecule has 1 aliphatic heterocycles. The lowest BCUT2D eigenvalue weighted by molar-refractivity contribution is 0.132. The van der Waals surface area contributed by atoms with Crippen molar-refractivity contribution >= 4 is 10.9 Å². The van der Waals surface area contributed by atoms with E-state index in [1.807, 2.05) is 0 Å². The van der Waals surface area contributed by atoms with Gasteiger partial charge in [-0.15, -0.1) is 0 Å². The summed E-state index contributed by atoms with van der Waals surface area (Å²) in [6.45, 7) is 9.29. The molecule has 1 aliphatic rings. The average Bonchev–Trinajstić information content (AvgIpc) is 2.83. The van der Waals surface area contributed by atoms with Gasteiger partial charge in [-0.05, 0) is 18.2 Å². The molecular formula is C15H21N3. The highest BCUT2D eigenvalue weighted by molar-refractivity contribution is 5.82. The molecule has 0 aliphatic carbocycles. The van der Waals surface area contributed by atoms with Crippen LogP contribution in [0.2, 0.25) is 0 Å². The number of likely N-dealkylation sites (N-methyl/N-ethyl adjacent to an activating group) is 1. The molecule has 2 aromatic rings. The first-order chi connectivity index (χ1) is 8.86. The van der Waals surface area contributed by atoms with Gasteiger partial charge in [0.05, 0.1) is 0 Å². The summed E-state index contributed by atoms with van der Waals surface area (Å²) in [6.07, 6.45) is 2.16. The number of H-pyrrole nitrogens is 1. The van der Waals surface area contributed by atoms with Crippen LogP contribution in [0.5, 0.6) is 0 Å². The number of hydrogen-bond donors (Lipinski definition) is 1. The lowest BCUT2D eigenvalue weighted by Crippen LogP contribution is -2.45. The van der Waals surface area contributed by atoms with Crippen molar-refractivity contribution in [3.05, 3.63) is 36.0 Å². The number of aromatic amines is 1. The average molecular weight is 243 g/mol. The van der Waals surface area contributed by atoms with E-state index in [-0.39, 0.29) is 0 Å². The summed E-state index contributed by atoms with van der Waals surface area (Å²) >= 11 is 0. The van der Waals surface area contributed by atoms with Gasteiger partial charge in [0, 0.05) is 49.8 Å². The maximum absolute atomic E-state index is 3.36. The van der Waals surface area contributed by atoms with Crippen molar-refractivity contribution in [3.63, 3.8) is 0 Å². The number of fused-ring (bicyclic) bond motifs is 1. The van der Waals surface area contributed by atoms with Crippen LogP contribution in [0.3, 0.4) is 0 Å². The van der Waals surface area contributed by atoms with Gasteiger partial charge < -0.3 is 9.88 Å². The largest absolute Gasteiger partial charge is 0.361 e. The highest BCUT2D eigenvalue weighted by Gasteiger charge is 2.16. The zero-order valence-corrected chi connectivity index (χ0v) is 11.0. The second-order valence-corrected chi connectivity index (χ2v) is 5.07. The molecule has 1 N–H and O–H groups in total. The summed E-state index contributed by atoms with van der Waals surface area (Å²) < 4.78 is 0.